The van der Waals surface area contributed by atoms with Crippen molar-refractivity contribution >= 4 is 5.97 Å². The Kier molecular flexibility index (Phi) is 3.98. The fourth-order valence-electron chi connectivity index (χ4n) is 2.29. The summed E-state index contributed by atoms with van der Waals surface area (Å²) in [4.78, 5) is 11.9. The number of carbonyl (C=O) groups is 1. The second-order valence-corrected chi connectivity index (χ2v) is 4.37. The molecule has 2 heteroatoms. The van der Waals surface area contributed by atoms with Gasteiger partial charge in [-0.15, -0.1) is 0 Å². The molecule has 0 aromatic rings. The van der Waals surface area contributed by atoms with E-state index in [4.69, 9.17) is 4.74 Å². The summed E-state index contributed by atoms with van der Waals surface area (Å²) in [6.45, 7) is 4.10. The predicted octanol–water partition coefficient (Wildman–Crippen LogP) is 3.64. The van der Waals surface area contributed by atoms with Crippen LogP contribution in [0.2, 0.25) is 0 Å². The van der Waals surface area contributed by atoms with Gasteiger partial charge >= 0.3 is 5.97 Å². The lowest BCUT2D eigenvalue weighted by atomic mass is 9.92. The molecule has 0 amide bonds. The molecule has 2 nitrogen and oxygen atoms in total. The van der Waals surface area contributed by atoms with Gasteiger partial charge in [0.25, 0.3) is 0 Å². The predicted molar refractivity (Wildman–Crippen MR) is 73.0 cm³/mol. The Morgan fingerprint density at radius 2 is 1.72 bits per heavy atom. The number of rotatable bonds is 4. The highest BCUT2D eigenvalue weighted by atomic mass is 16.5. The molecule has 0 saturated heterocycles. The zero-order valence-corrected chi connectivity index (χ0v) is 10.9. The van der Waals surface area contributed by atoms with Gasteiger partial charge in [-0.2, -0.15) is 0 Å². The van der Waals surface area contributed by atoms with Crippen LogP contribution in [0.4, 0.5) is 0 Å². The summed E-state index contributed by atoms with van der Waals surface area (Å²) in [5.41, 5.74) is 4.18. The third-order valence-electron chi connectivity index (χ3n) is 3.14. The first-order chi connectivity index (χ1) is 8.74. The van der Waals surface area contributed by atoms with E-state index in [1.807, 2.05) is 26.0 Å². The van der Waals surface area contributed by atoms with Gasteiger partial charge in [-0.3, -0.25) is 0 Å². The highest BCUT2D eigenvalue weighted by molar-refractivity contribution is 5.91. The van der Waals surface area contributed by atoms with Crippen LogP contribution in [0.3, 0.4) is 0 Å². The maximum Gasteiger partial charge on any atom is 0.334 e. The van der Waals surface area contributed by atoms with E-state index < -0.39 is 0 Å². The Morgan fingerprint density at radius 3 is 2.11 bits per heavy atom. The third-order valence-corrected chi connectivity index (χ3v) is 3.14. The zero-order valence-electron chi connectivity index (χ0n) is 10.9. The number of esters is 1. The molecule has 0 saturated carbocycles. The Hall–Kier alpha value is -1.83. The van der Waals surface area contributed by atoms with E-state index in [2.05, 4.69) is 24.3 Å². The van der Waals surface area contributed by atoms with E-state index in [1.165, 1.54) is 11.1 Å². The fourth-order valence-corrected chi connectivity index (χ4v) is 2.29. The van der Waals surface area contributed by atoms with Crippen molar-refractivity contribution in [3.8, 4) is 0 Å². The van der Waals surface area contributed by atoms with Crippen molar-refractivity contribution in [3.63, 3.8) is 0 Å². The van der Waals surface area contributed by atoms with Crippen molar-refractivity contribution in [2.24, 2.45) is 0 Å². The van der Waals surface area contributed by atoms with Gasteiger partial charge in [0, 0.05) is 5.57 Å². The smallest absolute Gasteiger partial charge is 0.334 e. The molecule has 2 rings (SSSR count). The monoisotopic (exact) mass is 242 g/mol. The van der Waals surface area contributed by atoms with Gasteiger partial charge in [0.15, 0.2) is 0 Å². The molecular formula is C16H18O2. The summed E-state index contributed by atoms with van der Waals surface area (Å²) in [6.07, 6.45) is 14.2. The molecule has 0 bridgehead atoms. The average molecular weight is 242 g/mol. The van der Waals surface area contributed by atoms with E-state index in [-0.39, 0.29) is 5.97 Å². The minimum atomic E-state index is -0.215. The lowest BCUT2D eigenvalue weighted by Gasteiger charge is -2.14. The highest BCUT2D eigenvalue weighted by Crippen LogP contribution is 2.33. The minimum absolute atomic E-state index is 0.215. The van der Waals surface area contributed by atoms with Crippen LogP contribution in [0.15, 0.2) is 58.7 Å². The van der Waals surface area contributed by atoms with Crippen LogP contribution in [0.1, 0.15) is 26.7 Å². The van der Waals surface area contributed by atoms with Gasteiger partial charge in [0.05, 0.1) is 6.61 Å². The average Bonchev–Trinajstić information content (AvgIpc) is 3.02. The molecule has 0 N–H and O–H groups in total. The molecule has 2 aliphatic carbocycles. The molecule has 0 unspecified atom stereocenters. The lowest BCUT2D eigenvalue weighted by Crippen LogP contribution is -2.09. The van der Waals surface area contributed by atoms with Crippen LogP contribution < -0.4 is 0 Å². The molecule has 0 aromatic heterocycles. The van der Waals surface area contributed by atoms with Gasteiger partial charge in [-0.05, 0) is 43.4 Å². The standard InChI is InChI=1S/C16H18O2/c1-3-18-16(17)12(2)15(13-8-4-5-9-13)14-10-6-7-11-14/h4-8,10H,3,9,11H2,1-2H3. The Morgan fingerprint density at radius 1 is 1.17 bits per heavy atom. The number of carbonyl (C=O) groups excluding carboxylic acids is 1. The Bertz CT molecular complexity index is 467. The Labute approximate surface area is 108 Å². The highest BCUT2D eigenvalue weighted by Gasteiger charge is 2.19. The molecule has 0 radical (unpaired) electrons. The van der Waals surface area contributed by atoms with Crippen LogP contribution in [0.5, 0.6) is 0 Å². The van der Waals surface area contributed by atoms with Crippen molar-refractivity contribution in [2.75, 3.05) is 6.61 Å². The summed E-state index contributed by atoms with van der Waals surface area (Å²) < 4.78 is 5.11. The zero-order chi connectivity index (χ0) is 13.0. The third kappa shape index (κ3) is 2.53. The second-order valence-electron chi connectivity index (χ2n) is 4.37. The summed E-state index contributed by atoms with van der Waals surface area (Å²) in [7, 11) is 0. The molecule has 0 aliphatic heterocycles. The summed E-state index contributed by atoms with van der Waals surface area (Å²) in [5, 5.41) is 0. The van der Waals surface area contributed by atoms with Crippen LogP contribution >= 0.6 is 0 Å². The summed E-state index contributed by atoms with van der Waals surface area (Å²) in [5.74, 6) is -0.215. The number of allylic oxidation sites excluding steroid dienone is 9. The van der Waals surface area contributed by atoms with Crippen LogP contribution in [-0.2, 0) is 9.53 Å². The van der Waals surface area contributed by atoms with Crippen LogP contribution in [-0.4, -0.2) is 12.6 Å². The molecule has 2 aliphatic rings. The largest absolute Gasteiger partial charge is 0.463 e. The van der Waals surface area contributed by atoms with E-state index in [9.17, 15) is 4.79 Å². The quantitative estimate of drug-likeness (QED) is 0.555. The SMILES string of the molecule is CCOC(=O)C(C)=C(C1=CC=CC1)C1=CC=CC1. The lowest BCUT2D eigenvalue weighted by molar-refractivity contribution is -0.138. The molecule has 0 fully saturated rings. The van der Waals surface area contributed by atoms with E-state index in [0.29, 0.717) is 12.2 Å². The van der Waals surface area contributed by atoms with Gasteiger partial charge in [0.2, 0.25) is 0 Å². The number of ether oxygens (including phenoxy) is 1. The minimum Gasteiger partial charge on any atom is -0.463 e. The van der Waals surface area contributed by atoms with E-state index in [0.717, 1.165) is 18.4 Å². The molecule has 94 valence electrons. The molecule has 18 heavy (non-hydrogen) atoms. The summed E-state index contributed by atoms with van der Waals surface area (Å²) in [6, 6.07) is 0. The van der Waals surface area contributed by atoms with Crippen molar-refractivity contribution in [3.05, 3.63) is 58.7 Å². The first-order valence-electron chi connectivity index (χ1n) is 6.34. The number of hydrogen-bond acceptors (Lipinski definition) is 2. The normalized spacial score (nSPS) is 16.6. The molecule has 0 aromatic carbocycles. The van der Waals surface area contributed by atoms with Gasteiger partial charge < -0.3 is 4.74 Å². The van der Waals surface area contributed by atoms with Crippen molar-refractivity contribution in [1.29, 1.82) is 0 Å². The van der Waals surface area contributed by atoms with E-state index in [1.54, 1.807) is 0 Å². The van der Waals surface area contributed by atoms with Crippen LogP contribution in [0.25, 0.3) is 0 Å². The number of hydrogen-bond donors (Lipinski definition) is 0. The van der Waals surface area contributed by atoms with Crippen LogP contribution in [0, 0.1) is 0 Å². The maximum atomic E-state index is 11.9. The topological polar surface area (TPSA) is 26.3 Å². The molecule has 0 atom stereocenters. The fraction of sp³-hybridized carbons (Fsp3) is 0.312. The van der Waals surface area contributed by atoms with Crippen molar-refractivity contribution < 1.29 is 9.53 Å². The Balaban J connectivity index is 2.35. The maximum absolute atomic E-state index is 11.9. The van der Waals surface area contributed by atoms with Gasteiger partial charge in [0.1, 0.15) is 0 Å². The summed E-state index contributed by atoms with van der Waals surface area (Å²) >= 11 is 0. The molecular weight excluding hydrogens is 224 g/mol. The van der Waals surface area contributed by atoms with E-state index >= 15 is 0 Å². The van der Waals surface area contributed by atoms with Crippen molar-refractivity contribution in [2.45, 2.75) is 26.7 Å². The van der Waals surface area contributed by atoms with Crippen molar-refractivity contribution in [1.82, 2.24) is 0 Å². The van der Waals surface area contributed by atoms with Gasteiger partial charge in [-0.1, -0.05) is 36.5 Å². The first-order valence-corrected chi connectivity index (χ1v) is 6.34. The molecule has 0 spiro atoms. The molecule has 0 heterocycles. The first kappa shape index (κ1) is 12.6. The second kappa shape index (κ2) is 5.67. The van der Waals surface area contributed by atoms with Gasteiger partial charge in [-0.25, -0.2) is 4.79 Å².